The number of carbonyl (C=O) groups excluding carboxylic acids is 1. The maximum absolute atomic E-state index is 14.7. The third-order valence-electron chi connectivity index (χ3n) is 6.93. The summed E-state index contributed by atoms with van der Waals surface area (Å²) in [6.45, 7) is -0.845. The van der Waals surface area contributed by atoms with Crippen LogP contribution in [0.4, 0.5) is 14.6 Å². The number of hydrogen-bond donors (Lipinski definition) is 6. The zero-order valence-electron chi connectivity index (χ0n) is 20.3. The Labute approximate surface area is 224 Å². The predicted molar refractivity (Wildman–Crippen MR) is 128 cm³/mol. The first-order chi connectivity index (χ1) is 18.8. The van der Waals surface area contributed by atoms with E-state index >= 15 is 0 Å². The maximum atomic E-state index is 14.7. The Morgan fingerprint density at radius 2 is 1.90 bits per heavy atom. The lowest BCUT2D eigenvalue weighted by Crippen LogP contribution is -2.45. The molecule has 0 radical (unpaired) electrons. The molecule has 18 heteroatoms. The molecular weight excluding hydrogens is 562 g/mol. The number of carbonyl (C=O) groups is 1. The van der Waals surface area contributed by atoms with Crippen LogP contribution in [-0.4, -0.2) is 85.1 Å². The summed E-state index contributed by atoms with van der Waals surface area (Å²) in [6.07, 6.45) is -7.56. The number of anilines is 1. The molecule has 1 aromatic carbocycles. The van der Waals surface area contributed by atoms with E-state index in [0.29, 0.717) is 0 Å². The third-order valence-corrected chi connectivity index (χ3v) is 7.86. The maximum Gasteiger partial charge on any atom is 0.362 e. The second-order valence-corrected chi connectivity index (χ2v) is 10.7. The second-order valence-electron chi connectivity index (χ2n) is 9.37. The van der Waals surface area contributed by atoms with Gasteiger partial charge in [0, 0.05) is 6.42 Å². The summed E-state index contributed by atoms with van der Waals surface area (Å²) in [6, 6.07) is 5.16. The molecular formula is C22H24F2N6O9S. The van der Waals surface area contributed by atoms with Crippen LogP contribution in [0.25, 0.3) is 11.2 Å². The molecule has 7 N–H and O–H groups in total. The minimum atomic E-state index is -4.83. The van der Waals surface area contributed by atoms with E-state index in [4.69, 9.17) is 14.7 Å². The van der Waals surface area contributed by atoms with Crippen molar-refractivity contribution in [3.8, 4) is 0 Å². The molecule has 216 valence electrons. The van der Waals surface area contributed by atoms with Crippen molar-refractivity contribution in [2.24, 2.45) is 0 Å². The lowest BCUT2D eigenvalue weighted by atomic mass is 9.88. The Kier molecular flexibility index (Phi) is 6.97. The van der Waals surface area contributed by atoms with E-state index in [2.05, 4.69) is 15.0 Å². The number of aromatic nitrogens is 4. The van der Waals surface area contributed by atoms with Crippen molar-refractivity contribution < 1.29 is 51.3 Å². The predicted octanol–water partition coefficient (Wildman–Crippen LogP) is -1.24. The smallest absolute Gasteiger partial charge is 0.362 e. The number of ether oxygens (including phenoxy) is 1. The highest BCUT2D eigenvalue weighted by Gasteiger charge is 2.64. The van der Waals surface area contributed by atoms with Gasteiger partial charge in [-0.3, -0.25) is 13.5 Å². The van der Waals surface area contributed by atoms with Gasteiger partial charge in [-0.15, -0.1) is 0 Å². The number of aliphatic hydroxyl groups is 4. The Bertz CT molecular complexity index is 1560. The number of imidazole rings is 1. The Morgan fingerprint density at radius 3 is 2.65 bits per heavy atom. The molecule has 6 atom stereocenters. The fourth-order valence-electron chi connectivity index (χ4n) is 4.84. The molecule has 0 spiro atoms. The zero-order valence-corrected chi connectivity index (χ0v) is 21.1. The average Bonchev–Trinajstić information content (AvgIpc) is 3.50. The number of benzene rings is 1. The van der Waals surface area contributed by atoms with Gasteiger partial charge in [0.15, 0.2) is 23.3 Å². The number of halogens is 2. The van der Waals surface area contributed by atoms with E-state index in [1.807, 2.05) is 0 Å². The zero-order chi connectivity index (χ0) is 29.0. The lowest BCUT2D eigenvalue weighted by Gasteiger charge is -2.31. The van der Waals surface area contributed by atoms with Crippen molar-refractivity contribution >= 4 is 33.2 Å². The number of amides is 1. The molecule has 0 saturated carbocycles. The van der Waals surface area contributed by atoms with Gasteiger partial charge in [-0.25, -0.2) is 19.7 Å². The normalized spacial score (nSPS) is 29.5. The van der Waals surface area contributed by atoms with E-state index < -0.39 is 77.8 Å². The van der Waals surface area contributed by atoms with Gasteiger partial charge in [-0.2, -0.15) is 17.2 Å². The molecule has 1 aliphatic carbocycles. The first-order valence-corrected chi connectivity index (χ1v) is 13.2. The quantitative estimate of drug-likeness (QED) is 0.181. The molecule has 0 bridgehead atoms. The van der Waals surface area contributed by atoms with E-state index in [1.165, 1.54) is 39.9 Å². The van der Waals surface area contributed by atoms with Gasteiger partial charge >= 0.3 is 16.2 Å². The van der Waals surface area contributed by atoms with E-state index in [9.17, 15) is 42.4 Å². The van der Waals surface area contributed by atoms with E-state index in [0.717, 1.165) is 6.33 Å². The highest BCUT2D eigenvalue weighted by atomic mass is 32.2. The average molecular weight is 587 g/mol. The molecule has 40 heavy (non-hydrogen) atoms. The van der Waals surface area contributed by atoms with Crippen molar-refractivity contribution in [1.82, 2.24) is 24.2 Å². The van der Waals surface area contributed by atoms with Gasteiger partial charge in [0.2, 0.25) is 5.91 Å². The van der Waals surface area contributed by atoms with Gasteiger partial charge in [-0.1, -0.05) is 24.3 Å². The molecule has 1 aliphatic heterocycles. The Morgan fingerprint density at radius 1 is 1.18 bits per heavy atom. The largest absolute Gasteiger partial charge is 0.387 e. The van der Waals surface area contributed by atoms with Gasteiger partial charge in [0.25, 0.3) is 0 Å². The molecule has 1 fully saturated rings. The van der Waals surface area contributed by atoms with Crippen molar-refractivity contribution in [3.63, 3.8) is 0 Å². The lowest BCUT2D eigenvalue weighted by molar-refractivity contribution is -0.226. The molecule has 3 heterocycles. The fraction of sp³-hybridized carbons (Fsp3) is 0.455. The molecule has 3 aromatic rings. The first-order valence-electron chi connectivity index (χ1n) is 11.8. The summed E-state index contributed by atoms with van der Waals surface area (Å²) in [5.74, 6) is -5.27. The number of aliphatic hydroxyl groups excluding tert-OH is 3. The molecule has 15 nitrogen and oxygen atoms in total. The number of nitrogen functional groups attached to an aromatic ring is 1. The minimum absolute atomic E-state index is 0.0580. The Balaban J connectivity index is 1.20. The molecule has 3 unspecified atom stereocenters. The summed E-state index contributed by atoms with van der Waals surface area (Å²) in [4.78, 5) is 24.1. The third kappa shape index (κ3) is 4.56. The minimum Gasteiger partial charge on any atom is -0.387 e. The molecule has 5 rings (SSSR count). The molecule has 1 amide bonds. The fourth-order valence-corrected chi connectivity index (χ4v) is 5.59. The van der Waals surface area contributed by atoms with Crippen molar-refractivity contribution in [2.45, 2.75) is 55.0 Å². The monoisotopic (exact) mass is 586 g/mol. The van der Waals surface area contributed by atoms with Crippen LogP contribution in [0, 0.1) is 0 Å². The standard InChI is InChI=1S/C22H24F2N6O9S/c23-22(24)17(34)10-3-1-2-4-11(10)21(22,35)6-5-13(31)29-40(36,37)38-7-12-15(32)16(33)20(39-12)30-9-28-14-18(25)26-8-27-19(14)30/h1-4,8-9,12,15-17,20,32-35H,5-7H2,(H,29,31)(H2,25,26,27)/t12-,15-,16-,17?,20?,21?/m1/s1. The highest BCUT2D eigenvalue weighted by molar-refractivity contribution is 7.85. The topological polar surface area (TPSA) is 232 Å². The highest BCUT2D eigenvalue weighted by Crippen LogP contribution is 2.56. The number of fused-ring (bicyclic) bond motifs is 2. The summed E-state index contributed by atoms with van der Waals surface area (Å²) >= 11 is 0. The SMILES string of the molecule is Nc1ncnc2c1ncn2C1O[C@H](COS(=O)(=O)NC(=O)CCC2(O)c3ccccc3C(O)C2(F)F)[C@@H](O)[C@H]1O. The van der Waals surface area contributed by atoms with Crippen molar-refractivity contribution in [1.29, 1.82) is 0 Å². The molecule has 2 aliphatic rings. The van der Waals surface area contributed by atoms with Gasteiger partial charge in [0.1, 0.15) is 36.3 Å². The summed E-state index contributed by atoms with van der Waals surface area (Å²) in [5.41, 5.74) is 2.70. The van der Waals surface area contributed by atoms with Crippen LogP contribution in [-0.2, 0) is 29.6 Å². The summed E-state index contributed by atoms with van der Waals surface area (Å²) in [5, 5.41) is 41.5. The van der Waals surface area contributed by atoms with Gasteiger partial charge in [-0.05, 0) is 17.5 Å². The van der Waals surface area contributed by atoms with Crippen molar-refractivity contribution in [2.75, 3.05) is 12.3 Å². The number of hydrogen-bond acceptors (Lipinski definition) is 13. The number of alkyl halides is 2. The van der Waals surface area contributed by atoms with Crippen LogP contribution in [0.15, 0.2) is 36.9 Å². The number of nitrogens with two attached hydrogens (primary N) is 1. The van der Waals surface area contributed by atoms with E-state index in [-0.39, 0.29) is 28.1 Å². The van der Waals surface area contributed by atoms with Gasteiger partial charge < -0.3 is 30.9 Å². The second kappa shape index (κ2) is 9.91. The molecule has 2 aromatic heterocycles. The van der Waals surface area contributed by atoms with Crippen LogP contribution >= 0.6 is 0 Å². The number of nitrogens with zero attached hydrogens (tertiary/aromatic N) is 4. The van der Waals surface area contributed by atoms with Crippen LogP contribution in [0.3, 0.4) is 0 Å². The molecule has 1 saturated heterocycles. The number of nitrogens with one attached hydrogen (secondary N) is 1. The van der Waals surface area contributed by atoms with Crippen molar-refractivity contribution in [3.05, 3.63) is 48.0 Å². The summed E-state index contributed by atoms with van der Waals surface area (Å²) in [7, 11) is -4.83. The van der Waals surface area contributed by atoms with Crippen LogP contribution < -0.4 is 10.5 Å². The van der Waals surface area contributed by atoms with Gasteiger partial charge in [0.05, 0.1) is 12.9 Å². The van der Waals surface area contributed by atoms with Crippen LogP contribution in [0.5, 0.6) is 0 Å². The first kappa shape index (κ1) is 28.1. The Hall–Kier alpha value is -3.39. The van der Waals surface area contributed by atoms with Crippen LogP contribution in [0.1, 0.15) is 36.3 Å². The summed E-state index contributed by atoms with van der Waals surface area (Å²) < 4.78 is 67.1. The number of rotatable bonds is 8. The van der Waals surface area contributed by atoms with Crippen LogP contribution in [0.2, 0.25) is 0 Å². The van der Waals surface area contributed by atoms with E-state index in [1.54, 1.807) is 0 Å².